The predicted octanol–water partition coefficient (Wildman–Crippen LogP) is 1.03. The SMILES string of the molecule is CC(C)(CI)OC(=O)N1CCOC(CO)C1. The molecular weight excluding hydrogens is 325 g/mol. The van der Waals surface area contributed by atoms with Crippen LogP contribution in [0.1, 0.15) is 13.8 Å². The van der Waals surface area contributed by atoms with Gasteiger partial charge in [-0.1, -0.05) is 22.6 Å². The van der Waals surface area contributed by atoms with Gasteiger partial charge in [-0.2, -0.15) is 0 Å². The summed E-state index contributed by atoms with van der Waals surface area (Å²) in [6, 6.07) is 0. The Morgan fingerprint density at radius 1 is 1.69 bits per heavy atom. The average Bonchev–Trinajstić information content (AvgIpc) is 2.28. The topological polar surface area (TPSA) is 59.0 Å². The summed E-state index contributed by atoms with van der Waals surface area (Å²) in [5.41, 5.74) is -0.454. The van der Waals surface area contributed by atoms with E-state index in [0.717, 1.165) is 4.43 Å². The van der Waals surface area contributed by atoms with E-state index in [-0.39, 0.29) is 18.8 Å². The van der Waals surface area contributed by atoms with E-state index in [4.69, 9.17) is 14.6 Å². The lowest BCUT2D eigenvalue weighted by molar-refractivity contribution is -0.0585. The van der Waals surface area contributed by atoms with E-state index in [1.165, 1.54) is 0 Å². The Labute approximate surface area is 109 Å². The zero-order valence-corrected chi connectivity index (χ0v) is 11.8. The van der Waals surface area contributed by atoms with Crippen LogP contribution < -0.4 is 0 Å². The molecule has 0 aromatic rings. The Morgan fingerprint density at radius 2 is 2.38 bits per heavy atom. The molecule has 1 N–H and O–H groups in total. The highest BCUT2D eigenvalue weighted by atomic mass is 127. The van der Waals surface area contributed by atoms with Gasteiger partial charge in [0.15, 0.2) is 0 Å². The zero-order chi connectivity index (χ0) is 12.2. The number of rotatable bonds is 3. The lowest BCUT2D eigenvalue weighted by Gasteiger charge is -2.34. The molecule has 1 heterocycles. The van der Waals surface area contributed by atoms with Crippen LogP contribution in [0.4, 0.5) is 4.79 Å². The van der Waals surface area contributed by atoms with Gasteiger partial charge in [0.1, 0.15) is 5.60 Å². The largest absolute Gasteiger partial charge is 0.443 e. The number of hydrogen-bond acceptors (Lipinski definition) is 4. The van der Waals surface area contributed by atoms with Gasteiger partial charge in [-0.25, -0.2) is 4.79 Å². The number of aliphatic hydroxyl groups excluding tert-OH is 1. The third-order valence-electron chi connectivity index (χ3n) is 2.29. The van der Waals surface area contributed by atoms with Crippen LogP contribution >= 0.6 is 22.6 Å². The summed E-state index contributed by atoms with van der Waals surface area (Å²) in [5.74, 6) is 0. The number of carbonyl (C=O) groups excluding carboxylic acids is 1. The monoisotopic (exact) mass is 343 g/mol. The van der Waals surface area contributed by atoms with Crippen LogP contribution in [-0.4, -0.2) is 58.5 Å². The first-order valence-corrected chi connectivity index (χ1v) is 6.77. The first-order chi connectivity index (χ1) is 7.48. The predicted molar refractivity (Wildman–Crippen MR) is 67.8 cm³/mol. The third-order valence-corrected chi connectivity index (χ3v) is 4.12. The van der Waals surface area contributed by atoms with Gasteiger partial charge in [0, 0.05) is 11.0 Å². The summed E-state index contributed by atoms with van der Waals surface area (Å²) < 4.78 is 11.4. The van der Waals surface area contributed by atoms with E-state index in [1.54, 1.807) is 4.90 Å². The number of morpholine rings is 1. The summed E-state index contributed by atoms with van der Waals surface area (Å²) in [4.78, 5) is 13.4. The van der Waals surface area contributed by atoms with Crippen molar-refractivity contribution in [2.75, 3.05) is 30.7 Å². The summed E-state index contributed by atoms with van der Waals surface area (Å²) in [6.07, 6.45) is -0.618. The second-order valence-electron chi connectivity index (χ2n) is 4.38. The standard InChI is InChI=1S/C10H18INO4/c1-10(2,7-11)16-9(14)12-3-4-15-8(5-12)6-13/h8,13H,3-7H2,1-2H3. The average molecular weight is 343 g/mol. The van der Waals surface area contributed by atoms with Crippen LogP contribution in [0.2, 0.25) is 0 Å². The molecule has 16 heavy (non-hydrogen) atoms. The lowest BCUT2D eigenvalue weighted by Crippen LogP contribution is -2.49. The Kier molecular flexibility index (Phi) is 5.26. The summed E-state index contributed by atoms with van der Waals surface area (Å²) in [5, 5.41) is 8.96. The van der Waals surface area contributed by atoms with Crippen molar-refractivity contribution < 1.29 is 19.4 Å². The number of halogens is 1. The van der Waals surface area contributed by atoms with Crippen molar-refractivity contribution in [2.24, 2.45) is 0 Å². The first kappa shape index (κ1) is 14.0. The Hall–Kier alpha value is -0.0800. The summed E-state index contributed by atoms with van der Waals surface area (Å²) >= 11 is 2.19. The number of aliphatic hydroxyl groups is 1. The van der Waals surface area contributed by atoms with E-state index in [9.17, 15) is 4.79 Å². The van der Waals surface area contributed by atoms with Crippen LogP contribution in [0.25, 0.3) is 0 Å². The Bertz CT molecular complexity index is 247. The van der Waals surface area contributed by atoms with E-state index >= 15 is 0 Å². The highest BCUT2D eigenvalue weighted by molar-refractivity contribution is 14.1. The Morgan fingerprint density at radius 3 is 2.94 bits per heavy atom. The number of alkyl halides is 1. The fourth-order valence-corrected chi connectivity index (χ4v) is 1.48. The van der Waals surface area contributed by atoms with Gasteiger partial charge in [0.25, 0.3) is 0 Å². The highest BCUT2D eigenvalue weighted by Gasteiger charge is 2.29. The van der Waals surface area contributed by atoms with Crippen LogP contribution in [0.15, 0.2) is 0 Å². The van der Waals surface area contributed by atoms with Crippen molar-refractivity contribution in [2.45, 2.75) is 25.6 Å². The maximum atomic E-state index is 11.8. The van der Waals surface area contributed by atoms with Gasteiger partial charge < -0.3 is 19.5 Å². The number of carbonyl (C=O) groups is 1. The minimum Gasteiger partial charge on any atom is -0.443 e. The highest BCUT2D eigenvalue weighted by Crippen LogP contribution is 2.16. The van der Waals surface area contributed by atoms with Crippen LogP contribution in [-0.2, 0) is 9.47 Å². The fraction of sp³-hybridized carbons (Fsp3) is 0.900. The van der Waals surface area contributed by atoms with Crippen molar-refractivity contribution in [3.8, 4) is 0 Å². The van der Waals surface area contributed by atoms with Crippen molar-refractivity contribution in [3.63, 3.8) is 0 Å². The minimum absolute atomic E-state index is 0.0700. The first-order valence-electron chi connectivity index (χ1n) is 5.25. The minimum atomic E-state index is -0.454. The molecule has 1 fully saturated rings. The number of nitrogens with zero attached hydrogens (tertiary/aromatic N) is 1. The summed E-state index contributed by atoms with van der Waals surface area (Å²) in [7, 11) is 0. The normalized spacial score (nSPS) is 22.0. The molecule has 6 heteroatoms. The van der Waals surface area contributed by atoms with Gasteiger partial charge in [-0.3, -0.25) is 0 Å². The van der Waals surface area contributed by atoms with E-state index < -0.39 is 5.60 Å². The van der Waals surface area contributed by atoms with Gasteiger partial charge in [0.05, 0.1) is 25.9 Å². The molecule has 1 amide bonds. The van der Waals surface area contributed by atoms with E-state index in [0.29, 0.717) is 19.7 Å². The molecule has 1 aliphatic rings. The van der Waals surface area contributed by atoms with Crippen molar-refractivity contribution >= 4 is 28.7 Å². The molecule has 0 aromatic carbocycles. The molecule has 0 radical (unpaired) electrons. The van der Waals surface area contributed by atoms with Gasteiger partial charge in [-0.05, 0) is 13.8 Å². The molecule has 1 unspecified atom stereocenters. The molecule has 0 spiro atoms. The summed E-state index contributed by atoms with van der Waals surface area (Å²) in [6.45, 7) is 5.05. The molecule has 0 bridgehead atoms. The number of hydrogen-bond donors (Lipinski definition) is 1. The van der Waals surface area contributed by atoms with Crippen LogP contribution in [0.5, 0.6) is 0 Å². The zero-order valence-electron chi connectivity index (χ0n) is 9.61. The molecule has 1 aliphatic heterocycles. The molecular formula is C10H18INO4. The lowest BCUT2D eigenvalue weighted by atomic mass is 10.2. The maximum absolute atomic E-state index is 11.8. The molecule has 0 saturated carbocycles. The second kappa shape index (κ2) is 6.02. The van der Waals surface area contributed by atoms with Gasteiger partial charge >= 0.3 is 6.09 Å². The Balaban J connectivity index is 2.47. The molecule has 1 rings (SSSR count). The van der Waals surface area contributed by atoms with Crippen LogP contribution in [0.3, 0.4) is 0 Å². The quantitative estimate of drug-likeness (QED) is 0.614. The molecule has 94 valence electrons. The van der Waals surface area contributed by atoms with E-state index in [1.807, 2.05) is 13.8 Å². The van der Waals surface area contributed by atoms with Crippen LogP contribution in [0, 0.1) is 0 Å². The molecule has 1 saturated heterocycles. The molecule has 5 nitrogen and oxygen atoms in total. The number of amides is 1. The van der Waals surface area contributed by atoms with Gasteiger partial charge in [0.2, 0.25) is 0 Å². The van der Waals surface area contributed by atoms with Gasteiger partial charge in [-0.15, -0.1) is 0 Å². The molecule has 0 aliphatic carbocycles. The third kappa shape index (κ3) is 4.06. The molecule has 1 atom stereocenters. The van der Waals surface area contributed by atoms with Crippen molar-refractivity contribution in [1.29, 1.82) is 0 Å². The maximum Gasteiger partial charge on any atom is 0.410 e. The smallest absolute Gasteiger partial charge is 0.410 e. The fourth-order valence-electron chi connectivity index (χ4n) is 1.32. The number of ether oxygens (including phenoxy) is 2. The van der Waals surface area contributed by atoms with Crippen molar-refractivity contribution in [3.05, 3.63) is 0 Å². The van der Waals surface area contributed by atoms with Crippen molar-refractivity contribution in [1.82, 2.24) is 4.90 Å². The van der Waals surface area contributed by atoms with E-state index in [2.05, 4.69) is 22.6 Å². The second-order valence-corrected chi connectivity index (χ2v) is 5.15. The molecule has 0 aromatic heterocycles.